The molecule has 0 unspecified atom stereocenters. The van der Waals surface area contributed by atoms with Gasteiger partial charge in [0.25, 0.3) is 27.5 Å². The second kappa shape index (κ2) is 8.83. The van der Waals surface area contributed by atoms with E-state index in [2.05, 4.69) is 0 Å². The fraction of sp³-hybridized carbons (Fsp3) is 0.400. The number of carbonyl (C=O) groups excluding carboxylic acids is 2. The zero-order chi connectivity index (χ0) is 23.8. The van der Waals surface area contributed by atoms with Crippen molar-refractivity contribution in [2.45, 2.75) is 17.9 Å². The topological polar surface area (TPSA) is 160 Å². The molecule has 12 nitrogen and oxygen atoms in total. The third-order valence-electron chi connectivity index (χ3n) is 5.82. The fourth-order valence-corrected chi connectivity index (χ4v) is 5.38. The third kappa shape index (κ3) is 4.41. The van der Waals surface area contributed by atoms with E-state index in [1.54, 1.807) is 11.0 Å². The van der Waals surface area contributed by atoms with E-state index in [1.165, 1.54) is 28.6 Å². The quantitative estimate of drug-likeness (QED) is 0.477. The van der Waals surface area contributed by atoms with Gasteiger partial charge in [0.2, 0.25) is 5.09 Å². The van der Waals surface area contributed by atoms with Gasteiger partial charge < -0.3 is 20.0 Å². The van der Waals surface area contributed by atoms with E-state index in [1.807, 2.05) is 4.90 Å². The van der Waals surface area contributed by atoms with Crippen LogP contribution in [-0.2, 0) is 10.0 Å². The average molecular weight is 477 g/mol. The van der Waals surface area contributed by atoms with Gasteiger partial charge in [-0.05, 0) is 37.1 Å². The van der Waals surface area contributed by atoms with Gasteiger partial charge in [0, 0.05) is 51.0 Å². The van der Waals surface area contributed by atoms with Gasteiger partial charge in [0.1, 0.15) is 5.56 Å². The normalized spacial score (nSPS) is 17.3. The van der Waals surface area contributed by atoms with E-state index in [0.717, 1.165) is 12.8 Å². The van der Waals surface area contributed by atoms with Crippen molar-refractivity contribution in [1.82, 2.24) is 9.21 Å². The summed E-state index contributed by atoms with van der Waals surface area (Å²) in [4.78, 5) is 38.4. The number of likely N-dealkylation sites (tertiary alicyclic amines) is 1. The molecule has 0 saturated carbocycles. The van der Waals surface area contributed by atoms with Gasteiger partial charge in [0.15, 0.2) is 5.76 Å². The number of carbonyl (C=O) groups is 2. The summed E-state index contributed by atoms with van der Waals surface area (Å²) in [5, 5.41) is 11.1. The first kappa shape index (κ1) is 22.7. The van der Waals surface area contributed by atoms with E-state index in [9.17, 15) is 28.1 Å². The summed E-state index contributed by atoms with van der Waals surface area (Å²) in [6, 6.07) is 6.79. The summed E-state index contributed by atoms with van der Waals surface area (Å²) in [6.07, 6.45) is 1.73. The molecule has 1 aromatic heterocycles. The van der Waals surface area contributed by atoms with Crippen LogP contribution >= 0.6 is 0 Å². The molecule has 0 spiro atoms. The Bertz CT molecular complexity index is 1200. The van der Waals surface area contributed by atoms with E-state index in [0.29, 0.717) is 31.9 Å². The summed E-state index contributed by atoms with van der Waals surface area (Å²) in [6.45, 7) is 2.00. The fourth-order valence-electron chi connectivity index (χ4n) is 4.05. The molecule has 33 heavy (non-hydrogen) atoms. The SMILES string of the molecule is NC(=O)c1ccc(S(=O)(=O)N2CCN(c3ccc([N+](=O)[O-])c(C(=O)N4CCCC4)c3)CC2)o1. The Morgan fingerprint density at radius 1 is 1.00 bits per heavy atom. The minimum absolute atomic E-state index is 0.0315. The molecule has 3 heterocycles. The predicted octanol–water partition coefficient (Wildman–Crippen LogP) is 1.03. The van der Waals surface area contributed by atoms with Crippen LogP contribution in [-0.4, -0.2) is 73.6 Å². The number of hydrogen-bond acceptors (Lipinski definition) is 8. The predicted molar refractivity (Wildman–Crippen MR) is 116 cm³/mol. The van der Waals surface area contributed by atoms with Crippen molar-refractivity contribution < 1.29 is 27.3 Å². The number of furan rings is 1. The van der Waals surface area contributed by atoms with Crippen LogP contribution in [0.5, 0.6) is 0 Å². The number of hydrogen-bond donors (Lipinski definition) is 1. The molecule has 13 heteroatoms. The minimum Gasteiger partial charge on any atom is -0.438 e. The van der Waals surface area contributed by atoms with Crippen LogP contribution in [0.2, 0.25) is 0 Å². The van der Waals surface area contributed by atoms with Crippen molar-refractivity contribution in [2.24, 2.45) is 5.73 Å². The highest BCUT2D eigenvalue weighted by molar-refractivity contribution is 7.89. The van der Waals surface area contributed by atoms with Crippen LogP contribution in [0.15, 0.2) is 39.8 Å². The Morgan fingerprint density at radius 3 is 2.24 bits per heavy atom. The number of nitro benzene ring substituents is 1. The maximum atomic E-state index is 12.9. The first-order chi connectivity index (χ1) is 15.7. The van der Waals surface area contributed by atoms with Gasteiger partial charge in [-0.3, -0.25) is 19.7 Å². The third-order valence-corrected chi connectivity index (χ3v) is 7.60. The smallest absolute Gasteiger partial charge is 0.284 e. The van der Waals surface area contributed by atoms with E-state index in [4.69, 9.17) is 10.2 Å². The number of sulfonamides is 1. The minimum atomic E-state index is -3.95. The highest BCUT2D eigenvalue weighted by Gasteiger charge is 2.33. The number of amides is 2. The maximum absolute atomic E-state index is 12.9. The molecular formula is C20H23N5O7S. The molecule has 4 rings (SSSR count). The first-order valence-corrected chi connectivity index (χ1v) is 11.8. The molecule has 176 valence electrons. The van der Waals surface area contributed by atoms with Gasteiger partial charge in [-0.25, -0.2) is 8.42 Å². The zero-order valence-electron chi connectivity index (χ0n) is 17.7. The highest BCUT2D eigenvalue weighted by Crippen LogP contribution is 2.29. The Hall–Kier alpha value is -3.45. The van der Waals surface area contributed by atoms with Crippen molar-refractivity contribution in [1.29, 1.82) is 0 Å². The van der Waals surface area contributed by atoms with Crippen LogP contribution in [0.1, 0.15) is 33.8 Å². The Kier molecular flexibility index (Phi) is 6.08. The molecule has 0 atom stereocenters. The van der Waals surface area contributed by atoms with E-state index in [-0.39, 0.29) is 41.1 Å². The van der Waals surface area contributed by atoms with Crippen molar-refractivity contribution in [3.8, 4) is 0 Å². The van der Waals surface area contributed by atoms with Crippen LogP contribution in [0.3, 0.4) is 0 Å². The average Bonchev–Trinajstić information content (AvgIpc) is 3.51. The monoisotopic (exact) mass is 477 g/mol. The second-order valence-electron chi connectivity index (χ2n) is 7.83. The number of rotatable bonds is 6. The molecule has 1 aromatic carbocycles. The molecule has 0 radical (unpaired) electrons. The van der Waals surface area contributed by atoms with Crippen molar-refractivity contribution in [3.63, 3.8) is 0 Å². The van der Waals surface area contributed by atoms with Crippen LogP contribution in [0.4, 0.5) is 11.4 Å². The summed E-state index contributed by atoms with van der Waals surface area (Å²) in [5.41, 5.74) is 5.50. The summed E-state index contributed by atoms with van der Waals surface area (Å²) >= 11 is 0. The molecule has 2 aliphatic heterocycles. The van der Waals surface area contributed by atoms with Gasteiger partial charge in [-0.1, -0.05) is 0 Å². The Balaban J connectivity index is 1.51. The number of nitrogens with zero attached hydrogens (tertiary/aromatic N) is 4. The molecule has 2 aromatic rings. The highest BCUT2D eigenvalue weighted by atomic mass is 32.2. The molecule has 2 saturated heterocycles. The van der Waals surface area contributed by atoms with Gasteiger partial charge in [-0.2, -0.15) is 4.31 Å². The Morgan fingerprint density at radius 2 is 1.67 bits per heavy atom. The standard InChI is InChI=1S/C20H23N5O7S/c21-19(26)17-5-6-18(32-17)33(30,31)24-11-9-22(10-12-24)14-3-4-16(25(28)29)15(13-14)20(27)23-7-1-2-8-23/h3-6,13H,1-2,7-12H2,(H2,21,26). The van der Waals surface area contributed by atoms with Gasteiger partial charge in [0.05, 0.1) is 4.92 Å². The number of nitrogens with two attached hydrogens (primary N) is 1. The largest absolute Gasteiger partial charge is 0.438 e. The molecule has 2 amide bonds. The molecule has 2 fully saturated rings. The number of anilines is 1. The number of nitro groups is 1. The zero-order valence-corrected chi connectivity index (χ0v) is 18.5. The second-order valence-corrected chi connectivity index (χ2v) is 9.70. The van der Waals surface area contributed by atoms with Gasteiger partial charge in [-0.15, -0.1) is 0 Å². The van der Waals surface area contributed by atoms with Crippen molar-refractivity contribution in [2.75, 3.05) is 44.2 Å². The first-order valence-electron chi connectivity index (χ1n) is 10.4. The van der Waals surface area contributed by atoms with Crippen molar-refractivity contribution >= 4 is 33.2 Å². The lowest BCUT2D eigenvalue weighted by molar-refractivity contribution is -0.385. The van der Waals surface area contributed by atoms with E-state index < -0.39 is 20.9 Å². The van der Waals surface area contributed by atoms with Crippen LogP contribution in [0, 0.1) is 10.1 Å². The molecular weight excluding hydrogens is 454 g/mol. The number of piperazine rings is 1. The van der Waals surface area contributed by atoms with E-state index >= 15 is 0 Å². The lowest BCUT2D eigenvalue weighted by Gasteiger charge is -2.35. The summed E-state index contributed by atoms with van der Waals surface area (Å²) in [5.74, 6) is -1.47. The lowest BCUT2D eigenvalue weighted by atomic mass is 10.1. The van der Waals surface area contributed by atoms with Crippen molar-refractivity contribution in [3.05, 3.63) is 51.8 Å². The van der Waals surface area contributed by atoms with Gasteiger partial charge >= 0.3 is 0 Å². The maximum Gasteiger partial charge on any atom is 0.284 e. The lowest BCUT2D eigenvalue weighted by Crippen LogP contribution is -2.48. The number of benzene rings is 1. The van der Waals surface area contributed by atoms with Crippen LogP contribution < -0.4 is 10.6 Å². The number of primary amides is 1. The molecule has 2 aliphatic rings. The molecule has 2 N–H and O–H groups in total. The summed E-state index contributed by atoms with van der Waals surface area (Å²) in [7, 11) is -3.95. The Labute approximate surface area is 189 Å². The summed E-state index contributed by atoms with van der Waals surface area (Å²) < 4.78 is 31.9. The molecule has 0 aliphatic carbocycles. The van der Waals surface area contributed by atoms with Crippen LogP contribution in [0.25, 0.3) is 0 Å². The molecule has 0 bridgehead atoms.